The molecule has 0 aromatic rings. The molecule has 1 fully saturated rings. The normalized spacial score (nSPS) is 40.4. The highest BCUT2D eigenvalue weighted by Crippen LogP contribution is 2.45. The minimum absolute atomic E-state index is 0.144. The highest BCUT2D eigenvalue weighted by molar-refractivity contribution is 5.00. The summed E-state index contributed by atoms with van der Waals surface area (Å²) < 4.78 is 6.07. The largest absolute Gasteiger partial charge is 0.389 e. The van der Waals surface area contributed by atoms with Gasteiger partial charge in [0.15, 0.2) is 0 Å². The van der Waals surface area contributed by atoms with E-state index in [1.165, 1.54) is 0 Å². The van der Waals surface area contributed by atoms with Crippen molar-refractivity contribution in [2.75, 3.05) is 0 Å². The summed E-state index contributed by atoms with van der Waals surface area (Å²) in [7, 11) is 0. The van der Waals surface area contributed by atoms with E-state index in [1.54, 1.807) is 0 Å². The van der Waals surface area contributed by atoms with Crippen LogP contribution < -0.4 is 0 Å². The maximum absolute atomic E-state index is 10.5. The average molecular weight is 214 g/mol. The van der Waals surface area contributed by atoms with Crippen LogP contribution in [0.1, 0.15) is 60.3 Å². The zero-order valence-corrected chi connectivity index (χ0v) is 10.8. The molecule has 0 saturated carbocycles. The van der Waals surface area contributed by atoms with Crippen molar-refractivity contribution in [3.05, 3.63) is 0 Å². The molecular formula is C13H26O2. The Morgan fingerprint density at radius 3 is 2.33 bits per heavy atom. The second-order valence-electron chi connectivity index (χ2n) is 5.64. The minimum Gasteiger partial charge on any atom is -0.389 e. The molecule has 0 aromatic heterocycles. The molecule has 1 rings (SSSR count). The smallest absolute Gasteiger partial charge is 0.0719 e. The van der Waals surface area contributed by atoms with Crippen molar-refractivity contribution >= 4 is 0 Å². The summed E-state index contributed by atoms with van der Waals surface area (Å²) in [5.41, 5.74) is -0.750. The van der Waals surface area contributed by atoms with Gasteiger partial charge in [-0.2, -0.15) is 0 Å². The molecule has 0 amide bonds. The first-order chi connectivity index (χ1) is 6.85. The monoisotopic (exact) mass is 214 g/mol. The first-order valence-electron chi connectivity index (χ1n) is 6.23. The lowest BCUT2D eigenvalue weighted by Crippen LogP contribution is -2.57. The van der Waals surface area contributed by atoms with Crippen LogP contribution in [0.2, 0.25) is 0 Å². The van der Waals surface area contributed by atoms with Crippen LogP contribution in [0, 0.1) is 5.41 Å². The van der Waals surface area contributed by atoms with Crippen molar-refractivity contribution in [3.63, 3.8) is 0 Å². The second-order valence-corrected chi connectivity index (χ2v) is 5.64. The molecule has 0 bridgehead atoms. The van der Waals surface area contributed by atoms with Crippen molar-refractivity contribution in [3.8, 4) is 0 Å². The van der Waals surface area contributed by atoms with Gasteiger partial charge in [0.05, 0.1) is 17.8 Å². The fraction of sp³-hybridized carbons (Fsp3) is 1.00. The standard InChI is InChI=1S/C13H26O2/c1-6-8-11-12(3,4)13(5,14)9-10(7-2)15-11/h10-11,14H,6-9H2,1-5H3. The molecule has 0 radical (unpaired) electrons. The molecule has 15 heavy (non-hydrogen) atoms. The van der Waals surface area contributed by atoms with Crippen LogP contribution in [-0.2, 0) is 4.74 Å². The summed E-state index contributed by atoms with van der Waals surface area (Å²) in [6.45, 7) is 10.5. The van der Waals surface area contributed by atoms with Crippen LogP contribution in [0.3, 0.4) is 0 Å². The molecule has 0 aliphatic carbocycles. The van der Waals surface area contributed by atoms with Gasteiger partial charge in [0, 0.05) is 11.8 Å². The van der Waals surface area contributed by atoms with Crippen LogP contribution in [0.4, 0.5) is 0 Å². The summed E-state index contributed by atoms with van der Waals surface area (Å²) in [6, 6.07) is 0. The fourth-order valence-corrected chi connectivity index (χ4v) is 2.44. The van der Waals surface area contributed by atoms with E-state index in [0.717, 1.165) is 25.7 Å². The molecule has 3 unspecified atom stereocenters. The van der Waals surface area contributed by atoms with Gasteiger partial charge in [-0.05, 0) is 19.8 Å². The Morgan fingerprint density at radius 2 is 1.87 bits per heavy atom. The summed E-state index contributed by atoms with van der Waals surface area (Å²) in [5, 5.41) is 10.5. The molecule has 90 valence electrons. The average Bonchev–Trinajstić information content (AvgIpc) is 2.13. The summed E-state index contributed by atoms with van der Waals surface area (Å²) in [6.07, 6.45) is 4.32. The first-order valence-corrected chi connectivity index (χ1v) is 6.23. The van der Waals surface area contributed by atoms with Crippen LogP contribution in [0.25, 0.3) is 0 Å². The van der Waals surface area contributed by atoms with Crippen molar-refractivity contribution in [1.82, 2.24) is 0 Å². The van der Waals surface area contributed by atoms with E-state index in [1.807, 2.05) is 6.92 Å². The van der Waals surface area contributed by atoms with Gasteiger partial charge in [0.2, 0.25) is 0 Å². The van der Waals surface area contributed by atoms with Gasteiger partial charge in [-0.25, -0.2) is 0 Å². The SMILES string of the molecule is CCCC1OC(CC)CC(C)(O)C1(C)C. The molecule has 1 aliphatic heterocycles. The van der Waals surface area contributed by atoms with Gasteiger partial charge in [0.1, 0.15) is 0 Å². The van der Waals surface area contributed by atoms with E-state index >= 15 is 0 Å². The first kappa shape index (κ1) is 13.0. The van der Waals surface area contributed by atoms with E-state index in [-0.39, 0.29) is 17.6 Å². The van der Waals surface area contributed by atoms with Gasteiger partial charge < -0.3 is 9.84 Å². The zero-order valence-electron chi connectivity index (χ0n) is 10.8. The zero-order chi connectivity index (χ0) is 11.7. The Labute approximate surface area is 94.0 Å². The van der Waals surface area contributed by atoms with Crippen LogP contribution in [-0.4, -0.2) is 22.9 Å². The van der Waals surface area contributed by atoms with E-state index < -0.39 is 5.60 Å². The van der Waals surface area contributed by atoms with Gasteiger partial charge in [0.25, 0.3) is 0 Å². The van der Waals surface area contributed by atoms with E-state index in [2.05, 4.69) is 27.7 Å². The highest BCUT2D eigenvalue weighted by Gasteiger charge is 2.50. The molecule has 1 saturated heterocycles. The lowest BCUT2D eigenvalue weighted by Gasteiger charge is -2.52. The number of hydrogen-bond donors (Lipinski definition) is 1. The summed E-state index contributed by atoms with van der Waals surface area (Å²) in [5.74, 6) is 0. The predicted molar refractivity (Wildman–Crippen MR) is 62.9 cm³/mol. The maximum Gasteiger partial charge on any atom is 0.0719 e. The Kier molecular flexibility index (Phi) is 3.83. The Balaban J connectivity index is 2.84. The molecule has 0 aromatic carbocycles. The molecule has 1 aliphatic rings. The molecule has 2 nitrogen and oxygen atoms in total. The van der Waals surface area contributed by atoms with Gasteiger partial charge >= 0.3 is 0 Å². The predicted octanol–water partition coefficient (Wildman–Crippen LogP) is 3.13. The van der Waals surface area contributed by atoms with Gasteiger partial charge in [-0.3, -0.25) is 0 Å². The van der Waals surface area contributed by atoms with E-state index in [0.29, 0.717) is 0 Å². The maximum atomic E-state index is 10.5. The van der Waals surface area contributed by atoms with Crippen molar-refractivity contribution in [1.29, 1.82) is 0 Å². The molecule has 0 spiro atoms. The topological polar surface area (TPSA) is 29.5 Å². The third-order valence-electron chi connectivity index (χ3n) is 4.18. The third-order valence-corrected chi connectivity index (χ3v) is 4.18. The molecular weight excluding hydrogens is 188 g/mol. The van der Waals surface area contributed by atoms with Crippen LogP contribution in [0.15, 0.2) is 0 Å². The minimum atomic E-state index is -0.605. The summed E-state index contributed by atoms with van der Waals surface area (Å²) >= 11 is 0. The van der Waals surface area contributed by atoms with Gasteiger partial charge in [-0.15, -0.1) is 0 Å². The Morgan fingerprint density at radius 1 is 1.27 bits per heavy atom. The molecule has 2 heteroatoms. The lowest BCUT2D eigenvalue weighted by molar-refractivity contribution is -0.220. The van der Waals surface area contributed by atoms with Crippen molar-refractivity contribution in [2.45, 2.75) is 78.1 Å². The third kappa shape index (κ3) is 2.36. The van der Waals surface area contributed by atoms with Crippen molar-refractivity contribution < 1.29 is 9.84 Å². The molecule has 1 N–H and O–H groups in total. The number of aliphatic hydroxyl groups is 1. The molecule has 3 atom stereocenters. The lowest BCUT2D eigenvalue weighted by atomic mass is 9.66. The van der Waals surface area contributed by atoms with Crippen LogP contribution >= 0.6 is 0 Å². The van der Waals surface area contributed by atoms with Crippen LogP contribution in [0.5, 0.6) is 0 Å². The van der Waals surface area contributed by atoms with Gasteiger partial charge in [-0.1, -0.05) is 34.1 Å². The number of rotatable bonds is 3. The van der Waals surface area contributed by atoms with E-state index in [9.17, 15) is 5.11 Å². The van der Waals surface area contributed by atoms with E-state index in [4.69, 9.17) is 4.74 Å². The fourth-order valence-electron chi connectivity index (χ4n) is 2.44. The highest BCUT2D eigenvalue weighted by atomic mass is 16.5. The van der Waals surface area contributed by atoms with Crippen molar-refractivity contribution in [2.24, 2.45) is 5.41 Å². The Hall–Kier alpha value is -0.0800. The second kappa shape index (κ2) is 4.42. The molecule has 1 heterocycles. The number of ether oxygens (including phenoxy) is 1. The quantitative estimate of drug-likeness (QED) is 0.782. The number of hydrogen-bond acceptors (Lipinski definition) is 2. The summed E-state index contributed by atoms with van der Waals surface area (Å²) in [4.78, 5) is 0. The Bertz CT molecular complexity index is 209.